The molecule has 3 rings (SSSR count). The standard InChI is InChI=1S/C16H17NO3S/c18-15(11-5-3-7-21-9-11)17-14-12-6-2-1-4-10(12)8-13(14)16(19)20/h1-2,4-6,13-14H,3,7-9H2,(H,17,18)(H,19,20). The number of carbonyl (C=O) groups is 2. The van der Waals surface area contributed by atoms with Crippen molar-refractivity contribution in [1.82, 2.24) is 5.32 Å². The predicted octanol–water partition coefficient (Wildman–Crippen LogP) is 2.16. The highest BCUT2D eigenvalue weighted by molar-refractivity contribution is 7.99. The highest BCUT2D eigenvalue weighted by Crippen LogP contribution is 2.36. The van der Waals surface area contributed by atoms with E-state index in [4.69, 9.17) is 0 Å². The zero-order chi connectivity index (χ0) is 14.8. The molecule has 1 aliphatic carbocycles. The van der Waals surface area contributed by atoms with Gasteiger partial charge in [-0.1, -0.05) is 30.3 Å². The van der Waals surface area contributed by atoms with Crippen molar-refractivity contribution >= 4 is 23.6 Å². The van der Waals surface area contributed by atoms with Gasteiger partial charge in [0.05, 0.1) is 12.0 Å². The van der Waals surface area contributed by atoms with Crippen LogP contribution in [0, 0.1) is 5.92 Å². The first-order valence-corrected chi connectivity index (χ1v) is 8.20. The number of hydrogen-bond acceptors (Lipinski definition) is 3. The normalized spacial score (nSPS) is 24.1. The number of rotatable bonds is 3. The Morgan fingerprint density at radius 3 is 2.81 bits per heavy atom. The molecule has 0 radical (unpaired) electrons. The van der Waals surface area contributed by atoms with Crippen molar-refractivity contribution in [3.05, 3.63) is 47.0 Å². The molecule has 1 aromatic rings. The largest absolute Gasteiger partial charge is 0.481 e. The van der Waals surface area contributed by atoms with Gasteiger partial charge in [0.1, 0.15) is 0 Å². The SMILES string of the molecule is O=C(NC1c2ccccc2CC1C(=O)O)C1=CCCSC1. The van der Waals surface area contributed by atoms with Crippen molar-refractivity contribution in [2.75, 3.05) is 11.5 Å². The van der Waals surface area contributed by atoms with Crippen LogP contribution >= 0.6 is 11.8 Å². The first-order valence-electron chi connectivity index (χ1n) is 7.05. The van der Waals surface area contributed by atoms with E-state index in [1.165, 1.54) is 0 Å². The predicted molar refractivity (Wildman–Crippen MR) is 82.2 cm³/mol. The number of carboxylic acid groups (broad SMARTS) is 1. The Balaban J connectivity index is 1.83. The van der Waals surface area contributed by atoms with E-state index in [1.54, 1.807) is 11.8 Å². The van der Waals surface area contributed by atoms with Crippen molar-refractivity contribution in [2.45, 2.75) is 18.9 Å². The molecule has 1 amide bonds. The highest BCUT2D eigenvalue weighted by Gasteiger charge is 2.38. The van der Waals surface area contributed by atoms with Gasteiger partial charge in [0, 0.05) is 11.3 Å². The summed E-state index contributed by atoms with van der Waals surface area (Å²) in [6, 6.07) is 7.21. The van der Waals surface area contributed by atoms with Gasteiger partial charge in [0.2, 0.25) is 5.91 Å². The summed E-state index contributed by atoms with van der Waals surface area (Å²) in [7, 11) is 0. The molecule has 4 nitrogen and oxygen atoms in total. The Hall–Kier alpha value is -1.75. The minimum atomic E-state index is -0.858. The van der Waals surface area contributed by atoms with E-state index in [0.29, 0.717) is 12.2 Å². The van der Waals surface area contributed by atoms with E-state index >= 15 is 0 Å². The topological polar surface area (TPSA) is 66.4 Å². The van der Waals surface area contributed by atoms with Gasteiger partial charge in [0.25, 0.3) is 0 Å². The third-order valence-corrected chi connectivity index (χ3v) is 5.08. The van der Waals surface area contributed by atoms with Crippen molar-refractivity contribution in [1.29, 1.82) is 0 Å². The van der Waals surface area contributed by atoms with Crippen molar-refractivity contribution in [2.24, 2.45) is 5.92 Å². The minimum Gasteiger partial charge on any atom is -0.481 e. The van der Waals surface area contributed by atoms with Gasteiger partial charge in [-0.15, -0.1) is 0 Å². The molecular formula is C16H17NO3S. The Labute approximate surface area is 127 Å². The fourth-order valence-electron chi connectivity index (χ4n) is 2.95. The number of carbonyl (C=O) groups excluding carboxylic acids is 1. The van der Waals surface area contributed by atoms with Crippen LogP contribution in [-0.4, -0.2) is 28.5 Å². The molecule has 0 bridgehead atoms. The number of hydrogen-bond donors (Lipinski definition) is 2. The van der Waals surface area contributed by atoms with E-state index in [1.807, 2.05) is 30.3 Å². The van der Waals surface area contributed by atoms with Crippen LogP contribution in [-0.2, 0) is 16.0 Å². The first-order chi connectivity index (χ1) is 10.2. The highest BCUT2D eigenvalue weighted by atomic mass is 32.2. The maximum atomic E-state index is 12.3. The average Bonchev–Trinajstić information content (AvgIpc) is 2.87. The molecule has 0 saturated carbocycles. The zero-order valence-electron chi connectivity index (χ0n) is 11.5. The summed E-state index contributed by atoms with van der Waals surface area (Å²) in [6.07, 6.45) is 3.34. The lowest BCUT2D eigenvalue weighted by Gasteiger charge is -2.21. The maximum Gasteiger partial charge on any atom is 0.309 e. The van der Waals surface area contributed by atoms with Gasteiger partial charge < -0.3 is 10.4 Å². The number of carboxylic acids is 1. The number of aliphatic carboxylic acids is 1. The Morgan fingerprint density at radius 1 is 1.29 bits per heavy atom. The summed E-state index contributed by atoms with van der Waals surface area (Å²) in [4.78, 5) is 23.8. The van der Waals surface area contributed by atoms with Crippen LogP contribution in [0.15, 0.2) is 35.9 Å². The molecule has 1 heterocycles. The summed E-state index contributed by atoms with van der Waals surface area (Å²) in [5, 5.41) is 12.3. The van der Waals surface area contributed by atoms with Gasteiger partial charge in [-0.2, -0.15) is 11.8 Å². The summed E-state index contributed by atoms with van der Waals surface area (Å²) in [6.45, 7) is 0. The molecule has 2 N–H and O–H groups in total. The number of allylic oxidation sites excluding steroid dienone is 1. The fraction of sp³-hybridized carbons (Fsp3) is 0.375. The number of amides is 1. The van der Waals surface area contributed by atoms with Crippen LogP contribution in [0.2, 0.25) is 0 Å². The first kappa shape index (κ1) is 14.2. The fourth-order valence-corrected chi connectivity index (χ4v) is 3.85. The lowest BCUT2D eigenvalue weighted by Crippen LogP contribution is -2.36. The third-order valence-electron chi connectivity index (χ3n) is 4.04. The zero-order valence-corrected chi connectivity index (χ0v) is 12.4. The summed E-state index contributed by atoms with van der Waals surface area (Å²) < 4.78 is 0. The van der Waals surface area contributed by atoms with E-state index in [0.717, 1.165) is 28.9 Å². The van der Waals surface area contributed by atoms with Gasteiger partial charge >= 0.3 is 5.97 Å². The van der Waals surface area contributed by atoms with E-state index in [2.05, 4.69) is 5.32 Å². The molecule has 1 aromatic carbocycles. The maximum absolute atomic E-state index is 12.3. The van der Waals surface area contributed by atoms with Crippen LogP contribution in [0.5, 0.6) is 0 Å². The van der Waals surface area contributed by atoms with E-state index < -0.39 is 17.9 Å². The molecule has 2 unspecified atom stereocenters. The lowest BCUT2D eigenvalue weighted by atomic mass is 10.0. The molecule has 5 heteroatoms. The third kappa shape index (κ3) is 2.83. The number of nitrogens with one attached hydrogen (secondary N) is 1. The molecule has 0 aromatic heterocycles. The number of thioether (sulfide) groups is 1. The molecule has 2 atom stereocenters. The van der Waals surface area contributed by atoms with E-state index in [9.17, 15) is 14.7 Å². The van der Waals surface area contributed by atoms with E-state index in [-0.39, 0.29) is 5.91 Å². The minimum absolute atomic E-state index is 0.129. The number of benzene rings is 1. The van der Waals surface area contributed by atoms with Gasteiger partial charge in [-0.05, 0) is 29.7 Å². The summed E-state index contributed by atoms with van der Waals surface area (Å²) >= 11 is 1.74. The van der Waals surface area contributed by atoms with Gasteiger partial charge in [0.15, 0.2) is 0 Å². The van der Waals surface area contributed by atoms with Crippen molar-refractivity contribution < 1.29 is 14.7 Å². The lowest BCUT2D eigenvalue weighted by molar-refractivity contribution is -0.142. The smallest absolute Gasteiger partial charge is 0.309 e. The summed E-state index contributed by atoms with van der Waals surface area (Å²) in [5.74, 6) is 0.181. The van der Waals surface area contributed by atoms with Crippen molar-refractivity contribution in [3.8, 4) is 0 Å². The Morgan fingerprint density at radius 2 is 2.10 bits per heavy atom. The molecule has 21 heavy (non-hydrogen) atoms. The second-order valence-electron chi connectivity index (χ2n) is 5.37. The summed E-state index contributed by atoms with van der Waals surface area (Å²) in [5.41, 5.74) is 2.71. The quantitative estimate of drug-likeness (QED) is 0.898. The second kappa shape index (κ2) is 5.93. The molecule has 110 valence electrons. The molecule has 0 spiro atoms. The van der Waals surface area contributed by atoms with Crippen LogP contribution < -0.4 is 5.32 Å². The number of fused-ring (bicyclic) bond motifs is 1. The molecule has 1 aliphatic heterocycles. The second-order valence-corrected chi connectivity index (χ2v) is 6.47. The van der Waals surface area contributed by atoms with Crippen LogP contribution in [0.4, 0.5) is 0 Å². The van der Waals surface area contributed by atoms with Gasteiger partial charge in [-0.3, -0.25) is 9.59 Å². The molecule has 0 fully saturated rings. The Bertz CT molecular complexity index is 611. The molecule has 2 aliphatic rings. The molecule has 0 saturated heterocycles. The monoisotopic (exact) mass is 303 g/mol. The van der Waals surface area contributed by atoms with Gasteiger partial charge in [-0.25, -0.2) is 0 Å². The van der Waals surface area contributed by atoms with Crippen LogP contribution in [0.3, 0.4) is 0 Å². The van der Waals surface area contributed by atoms with Crippen molar-refractivity contribution in [3.63, 3.8) is 0 Å². The Kier molecular flexibility index (Phi) is 4.01. The van der Waals surface area contributed by atoms with Crippen LogP contribution in [0.1, 0.15) is 23.6 Å². The van der Waals surface area contributed by atoms with Crippen LogP contribution in [0.25, 0.3) is 0 Å². The molecular weight excluding hydrogens is 286 g/mol. The average molecular weight is 303 g/mol.